The third-order valence-electron chi connectivity index (χ3n) is 4.23. The summed E-state index contributed by atoms with van der Waals surface area (Å²) in [7, 11) is 0. The van der Waals surface area contributed by atoms with Crippen LogP contribution in [-0.4, -0.2) is 34.6 Å². The second-order valence-corrected chi connectivity index (χ2v) is 5.21. The summed E-state index contributed by atoms with van der Waals surface area (Å²) in [6.45, 7) is 5.21. The number of rotatable bonds is 2. The van der Waals surface area contributed by atoms with Gasteiger partial charge in [-0.15, -0.1) is 0 Å². The Bertz CT molecular complexity index is 538. The normalized spacial score (nSPS) is 20.3. The number of aliphatic hydroxyl groups is 1. The lowest BCUT2D eigenvalue weighted by Gasteiger charge is -2.38. The molecule has 0 atom stereocenters. The molecule has 96 valence electrons. The number of aromatic amines is 1. The molecule has 1 aromatic carbocycles. The summed E-state index contributed by atoms with van der Waals surface area (Å²) in [4.78, 5) is 5.61. The zero-order chi connectivity index (χ0) is 12.6. The van der Waals surface area contributed by atoms with E-state index in [4.69, 9.17) is 0 Å². The van der Waals surface area contributed by atoms with Crippen LogP contribution in [0.2, 0.25) is 0 Å². The van der Waals surface area contributed by atoms with Gasteiger partial charge in [-0.05, 0) is 37.1 Å². The summed E-state index contributed by atoms with van der Waals surface area (Å²) in [5, 5.41) is 12.1. The van der Waals surface area contributed by atoms with E-state index in [1.165, 1.54) is 0 Å². The Morgan fingerprint density at radius 3 is 2.78 bits per heavy atom. The molecule has 1 fully saturated rings. The minimum absolute atomic E-state index is 0.659. The molecule has 3 heteroatoms. The van der Waals surface area contributed by atoms with Crippen molar-refractivity contribution in [2.75, 3.05) is 19.6 Å². The molecule has 1 aliphatic heterocycles. The highest BCUT2D eigenvalue weighted by atomic mass is 16.3. The summed E-state index contributed by atoms with van der Waals surface area (Å²) in [6, 6.07) is 8.22. The molecule has 0 spiro atoms. The van der Waals surface area contributed by atoms with E-state index >= 15 is 0 Å². The van der Waals surface area contributed by atoms with Crippen molar-refractivity contribution in [3.05, 3.63) is 36.0 Å². The Morgan fingerprint density at radius 2 is 2.06 bits per heavy atom. The number of hydrogen-bond acceptors (Lipinski definition) is 2. The minimum atomic E-state index is -0.659. The molecule has 1 saturated heterocycles. The fraction of sp³-hybridized carbons (Fsp3) is 0.467. The van der Waals surface area contributed by atoms with Crippen LogP contribution in [0.15, 0.2) is 30.5 Å². The summed E-state index contributed by atoms with van der Waals surface area (Å²) in [5.74, 6) is 0. The lowest BCUT2D eigenvalue weighted by molar-refractivity contribution is -0.0234. The number of hydrogen-bond donors (Lipinski definition) is 2. The monoisotopic (exact) mass is 244 g/mol. The number of nitrogens with zero attached hydrogens (tertiary/aromatic N) is 1. The van der Waals surface area contributed by atoms with Crippen LogP contribution in [0, 0.1) is 0 Å². The highest BCUT2D eigenvalue weighted by Crippen LogP contribution is 2.36. The first-order chi connectivity index (χ1) is 8.73. The van der Waals surface area contributed by atoms with E-state index in [0.29, 0.717) is 0 Å². The van der Waals surface area contributed by atoms with Gasteiger partial charge in [0, 0.05) is 30.2 Å². The maximum Gasteiger partial charge on any atom is 0.0927 e. The molecule has 1 aliphatic rings. The zero-order valence-corrected chi connectivity index (χ0v) is 10.8. The molecular weight excluding hydrogens is 224 g/mol. The SMILES string of the molecule is CCN1CCC(O)(c2cccc3[nH]ccc23)CC1. The van der Waals surface area contributed by atoms with Crippen LogP contribution in [-0.2, 0) is 5.60 Å². The molecule has 2 aromatic rings. The van der Waals surface area contributed by atoms with E-state index in [1.54, 1.807) is 0 Å². The molecule has 0 unspecified atom stereocenters. The highest BCUT2D eigenvalue weighted by Gasteiger charge is 2.34. The molecule has 0 aliphatic carbocycles. The number of piperidine rings is 1. The van der Waals surface area contributed by atoms with Crippen molar-refractivity contribution in [2.24, 2.45) is 0 Å². The zero-order valence-electron chi connectivity index (χ0n) is 10.8. The number of benzene rings is 1. The summed E-state index contributed by atoms with van der Waals surface area (Å²) < 4.78 is 0. The molecular formula is C15H20N2O. The smallest absolute Gasteiger partial charge is 0.0927 e. The lowest BCUT2D eigenvalue weighted by Crippen LogP contribution is -2.42. The van der Waals surface area contributed by atoms with Crippen molar-refractivity contribution in [1.29, 1.82) is 0 Å². The van der Waals surface area contributed by atoms with E-state index in [0.717, 1.165) is 48.9 Å². The van der Waals surface area contributed by atoms with Crippen LogP contribution in [0.3, 0.4) is 0 Å². The Kier molecular flexibility index (Phi) is 2.88. The van der Waals surface area contributed by atoms with Crippen LogP contribution < -0.4 is 0 Å². The predicted molar refractivity (Wildman–Crippen MR) is 73.5 cm³/mol. The highest BCUT2D eigenvalue weighted by molar-refractivity contribution is 5.83. The van der Waals surface area contributed by atoms with Crippen molar-refractivity contribution in [2.45, 2.75) is 25.4 Å². The Balaban J connectivity index is 1.96. The third-order valence-corrected chi connectivity index (χ3v) is 4.23. The quantitative estimate of drug-likeness (QED) is 0.852. The molecule has 0 bridgehead atoms. The molecule has 0 saturated carbocycles. The van der Waals surface area contributed by atoms with Gasteiger partial charge in [-0.1, -0.05) is 19.1 Å². The van der Waals surface area contributed by atoms with Gasteiger partial charge in [0.1, 0.15) is 0 Å². The van der Waals surface area contributed by atoms with Gasteiger partial charge in [-0.2, -0.15) is 0 Å². The summed E-state index contributed by atoms with van der Waals surface area (Å²) >= 11 is 0. The van der Waals surface area contributed by atoms with Gasteiger partial charge in [-0.3, -0.25) is 0 Å². The Labute approximate surface area is 107 Å². The Hall–Kier alpha value is -1.32. The molecule has 0 amide bonds. The second kappa shape index (κ2) is 4.41. The first-order valence-electron chi connectivity index (χ1n) is 6.74. The third kappa shape index (κ3) is 1.84. The van der Waals surface area contributed by atoms with Crippen molar-refractivity contribution in [1.82, 2.24) is 9.88 Å². The van der Waals surface area contributed by atoms with Crippen LogP contribution in [0.5, 0.6) is 0 Å². The number of likely N-dealkylation sites (tertiary alicyclic amines) is 1. The molecule has 0 radical (unpaired) electrons. The molecule has 18 heavy (non-hydrogen) atoms. The summed E-state index contributed by atoms with van der Waals surface area (Å²) in [5.41, 5.74) is 1.53. The van der Waals surface area contributed by atoms with Crippen molar-refractivity contribution in [3.63, 3.8) is 0 Å². The van der Waals surface area contributed by atoms with E-state index in [1.807, 2.05) is 12.3 Å². The van der Waals surface area contributed by atoms with Crippen LogP contribution in [0.1, 0.15) is 25.3 Å². The van der Waals surface area contributed by atoms with E-state index in [9.17, 15) is 5.11 Å². The Morgan fingerprint density at radius 1 is 1.28 bits per heavy atom. The summed E-state index contributed by atoms with van der Waals surface area (Å²) in [6.07, 6.45) is 3.59. The number of H-pyrrole nitrogens is 1. The topological polar surface area (TPSA) is 39.3 Å². The van der Waals surface area contributed by atoms with Gasteiger partial charge in [0.25, 0.3) is 0 Å². The van der Waals surface area contributed by atoms with Crippen LogP contribution in [0.25, 0.3) is 10.9 Å². The van der Waals surface area contributed by atoms with Gasteiger partial charge < -0.3 is 15.0 Å². The molecule has 2 N–H and O–H groups in total. The fourth-order valence-electron chi connectivity index (χ4n) is 3.00. The predicted octanol–water partition coefficient (Wildman–Crippen LogP) is 2.47. The van der Waals surface area contributed by atoms with E-state index < -0.39 is 5.60 Å². The maximum atomic E-state index is 10.9. The molecule has 1 aromatic heterocycles. The lowest BCUT2D eigenvalue weighted by atomic mass is 9.83. The molecule has 2 heterocycles. The van der Waals surface area contributed by atoms with Gasteiger partial charge >= 0.3 is 0 Å². The van der Waals surface area contributed by atoms with Crippen molar-refractivity contribution >= 4 is 10.9 Å². The largest absolute Gasteiger partial charge is 0.385 e. The minimum Gasteiger partial charge on any atom is -0.385 e. The average molecular weight is 244 g/mol. The molecule has 3 rings (SSSR count). The number of nitrogens with one attached hydrogen (secondary N) is 1. The van der Waals surface area contributed by atoms with Crippen LogP contribution in [0.4, 0.5) is 0 Å². The van der Waals surface area contributed by atoms with Gasteiger partial charge in [0.05, 0.1) is 5.60 Å². The number of fused-ring (bicyclic) bond motifs is 1. The van der Waals surface area contributed by atoms with Crippen molar-refractivity contribution in [3.8, 4) is 0 Å². The molecule has 3 nitrogen and oxygen atoms in total. The van der Waals surface area contributed by atoms with Crippen LogP contribution >= 0.6 is 0 Å². The van der Waals surface area contributed by atoms with Crippen molar-refractivity contribution < 1.29 is 5.11 Å². The van der Waals surface area contributed by atoms with Gasteiger partial charge in [0.2, 0.25) is 0 Å². The van der Waals surface area contributed by atoms with Gasteiger partial charge in [0.15, 0.2) is 0 Å². The van der Waals surface area contributed by atoms with E-state index in [2.05, 4.69) is 35.0 Å². The first-order valence-corrected chi connectivity index (χ1v) is 6.74. The first kappa shape index (κ1) is 11.8. The standard InChI is InChI=1S/C15H20N2O/c1-2-17-10-7-15(18,8-11-17)13-4-3-5-14-12(13)6-9-16-14/h3-6,9,16,18H,2,7-8,10-11H2,1H3. The second-order valence-electron chi connectivity index (χ2n) is 5.21. The maximum absolute atomic E-state index is 10.9. The van der Waals surface area contributed by atoms with E-state index in [-0.39, 0.29) is 0 Å². The van der Waals surface area contributed by atoms with Gasteiger partial charge in [-0.25, -0.2) is 0 Å². The average Bonchev–Trinajstić information content (AvgIpc) is 2.87. The fourth-order valence-corrected chi connectivity index (χ4v) is 3.00. The number of aromatic nitrogens is 1.